The highest BCUT2D eigenvalue weighted by Gasteiger charge is 2.33. The van der Waals surface area contributed by atoms with Gasteiger partial charge in [0, 0.05) is 18.0 Å². The molecule has 2 N–H and O–H groups in total. The van der Waals surface area contributed by atoms with Crippen molar-refractivity contribution in [2.24, 2.45) is 0 Å². The van der Waals surface area contributed by atoms with E-state index in [4.69, 9.17) is 19.3 Å². The molecule has 2 atom stereocenters. The molecular weight excluding hydrogens is 374 g/mol. The van der Waals surface area contributed by atoms with E-state index in [1.165, 1.54) is 4.90 Å². The lowest BCUT2D eigenvalue weighted by atomic mass is 9.87. The average molecular weight is 401 g/mol. The lowest BCUT2D eigenvalue weighted by Crippen LogP contribution is -2.46. The Kier molecular flexibility index (Phi) is 7.32. The summed E-state index contributed by atoms with van der Waals surface area (Å²) in [5.74, 6) is 1.52. The second-order valence-corrected chi connectivity index (χ2v) is 6.93. The highest BCUT2D eigenvalue weighted by Crippen LogP contribution is 2.32. The van der Waals surface area contributed by atoms with Gasteiger partial charge in [-0.1, -0.05) is 30.3 Å². The van der Waals surface area contributed by atoms with Crippen LogP contribution in [-0.2, 0) is 11.3 Å². The number of methoxy groups -OCH3 is 1. The zero-order valence-electron chi connectivity index (χ0n) is 16.5. The normalized spacial score (nSPS) is 19.0. The Hall–Kier alpha value is -2.77. The molecule has 0 radical (unpaired) electrons. The number of nitrogens with zero attached hydrogens (tertiary/aromatic N) is 1. The van der Waals surface area contributed by atoms with Crippen LogP contribution in [0.1, 0.15) is 23.5 Å². The summed E-state index contributed by atoms with van der Waals surface area (Å²) >= 11 is 0. The van der Waals surface area contributed by atoms with Gasteiger partial charge in [-0.15, -0.1) is 0 Å². The number of carbonyl (C=O) groups is 1. The number of aliphatic hydroxyl groups excluding tert-OH is 1. The molecule has 0 bridgehead atoms. The van der Waals surface area contributed by atoms with E-state index in [1.54, 1.807) is 7.11 Å². The molecule has 1 amide bonds. The number of rotatable bonds is 8. The molecule has 1 heterocycles. The second kappa shape index (κ2) is 10.1. The summed E-state index contributed by atoms with van der Waals surface area (Å²) in [6, 6.07) is 15.3. The first-order valence-electron chi connectivity index (χ1n) is 9.67. The third kappa shape index (κ3) is 5.40. The number of amides is 1. The molecule has 156 valence electrons. The van der Waals surface area contributed by atoms with Crippen molar-refractivity contribution in [3.63, 3.8) is 0 Å². The molecule has 3 rings (SSSR count). The van der Waals surface area contributed by atoms with Gasteiger partial charge in [0.1, 0.15) is 18.1 Å². The Morgan fingerprint density at radius 2 is 1.93 bits per heavy atom. The fourth-order valence-corrected chi connectivity index (χ4v) is 3.63. The lowest BCUT2D eigenvalue weighted by Gasteiger charge is -2.37. The van der Waals surface area contributed by atoms with Gasteiger partial charge in [-0.3, -0.25) is 0 Å². The molecule has 1 fully saturated rings. The first-order chi connectivity index (χ1) is 14.1. The summed E-state index contributed by atoms with van der Waals surface area (Å²) in [6.07, 6.45) is -0.518. The van der Waals surface area contributed by atoms with E-state index >= 15 is 0 Å². The largest absolute Gasteiger partial charge is 0.496 e. The third-order valence-corrected chi connectivity index (χ3v) is 5.14. The average Bonchev–Trinajstić information content (AvgIpc) is 2.76. The summed E-state index contributed by atoms with van der Waals surface area (Å²) < 4.78 is 17.0. The second-order valence-electron chi connectivity index (χ2n) is 6.93. The summed E-state index contributed by atoms with van der Waals surface area (Å²) in [5, 5.41) is 18.3. The van der Waals surface area contributed by atoms with Gasteiger partial charge >= 0.3 is 6.09 Å². The molecule has 1 aliphatic heterocycles. The SMILES string of the molecule is COc1ccccc1COC1CN(C(=O)O)CCC1c1ccc(OCCO)cc1. The number of benzene rings is 2. The van der Waals surface area contributed by atoms with Crippen LogP contribution in [0.5, 0.6) is 11.5 Å². The van der Waals surface area contributed by atoms with E-state index in [9.17, 15) is 9.90 Å². The van der Waals surface area contributed by atoms with Crippen LogP contribution in [0, 0.1) is 0 Å². The van der Waals surface area contributed by atoms with Crippen LogP contribution in [0.2, 0.25) is 0 Å². The van der Waals surface area contributed by atoms with Crippen molar-refractivity contribution < 1.29 is 29.2 Å². The first kappa shape index (κ1) is 21.0. The molecule has 7 heteroatoms. The predicted molar refractivity (Wildman–Crippen MR) is 108 cm³/mol. The van der Waals surface area contributed by atoms with E-state index in [-0.39, 0.29) is 25.2 Å². The van der Waals surface area contributed by atoms with Gasteiger partial charge in [-0.05, 0) is 30.2 Å². The van der Waals surface area contributed by atoms with Crippen molar-refractivity contribution in [2.45, 2.75) is 25.0 Å². The van der Waals surface area contributed by atoms with Crippen LogP contribution in [0.4, 0.5) is 4.79 Å². The number of aliphatic hydroxyl groups is 1. The first-order valence-corrected chi connectivity index (χ1v) is 9.67. The van der Waals surface area contributed by atoms with Gasteiger partial charge in [-0.2, -0.15) is 0 Å². The molecule has 1 aliphatic rings. The number of para-hydroxylation sites is 1. The van der Waals surface area contributed by atoms with Crippen molar-refractivity contribution in [1.29, 1.82) is 0 Å². The Balaban J connectivity index is 1.74. The minimum absolute atomic E-state index is 0.0335. The molecule has 1 saturated heterocycles. The maximum atomic E-state index is 11.5. The quantitative estimate of drug-likeness (QED) is 0.707. The summed E-state index contributed by atoms with van der Waals surface area (Å²) in [4.78, 5) is 12.9. The number of hydrogen-bond donors (Lipinski definition) is 2. The zero-order chi connectivity index (χ0) is 20.6. The van der Waals surface area contributed by atoms with E-state index < -0.39 is 6.09 Å². The third-order valence-electron chi connectivity index (χ3n) is 5.14. The monoisotopic (exact) mass is 401 g/mol. The van der Waals surface area contributed by atoms with Gasteiger partial charge < -0.3 is 29.3 Å². The predicted octanol–water partition coefficient (Wildman–Crippen LogP) is 3.12. The van der Waals surface area contributed by atoms with Gasteiger partial charge in [0.15, 0.2) is 0 Å². The minimum Gasteiger partial charge on any atom is -0.496 e. The van der Waals surface area contributed by atoms with Crippen molar-refractivity contribution in [3.05, 3.63) is 59.7 Å². The fourth-order valence-electron chi connectivity index (χ4n) is 3.63. The molecule has 2 unspecified atom stereocenters. The fraction of sp³-hybridized carbons (Fsp3) is 0.409. The Morgan fingerprint density at radius 3 is 2.62 bits per heavy atom. The highest BCUT2D eigenvalue weighted by atomic mass is 16.5. The summed E-state index contributed by atoms with van der Waals surface area (Å²) in [7, 11) is 1.62. The smallest absolute Gasteiger partial charge is 0.407 e. The van der Waals surface area contributed by atoms with Crippen LogP contribution < -0.4 is 9.47 Å². The molecule has 2 aromatic carbocycles. The highest BCUT2D eigenvalue weighted by molar-refractivity contribution is 5.65. The molecule has 29 heavy (non-hydrogen) atoms. The molecule has 0 aromatic heterocycles. The number of ether oxygens (including phenoxy) is 3. The van der Waals surface area contributed by atoms with E-state index in [0.29, 0.717) is 31.9 Å². The Labute approximate surface area is 170 Å². The van der Waals surface area contributed by atoms with Crippen LogP contribution in [-0.4, -0.2) is 60.7 Å². The topological polar surface area (TPSA) is 88.5 Å². The Morgan fingerprint density at radius 1 is 1.17 bits per heavy atom. The molecule has 0 spiro atoms. The summed E-state index contributed by atoms with van der Waals surface area (Å²) in [5.41, 5.74) is 2.00. The molecule has 7 nitrogen and oxygen atoms in total. The van der Waals surface area contributed by atoms with Gasteiger partial charge in [0.25, 0.3) is 0 Å². The van der Waals surface area contributed by atoms with Crippen molar-refractivity contribution in [1.82, 2.24) is 4.90 Å². The number of piperidine rings is 1. The number of hydrogen-bond acceptors (Lipinski definition) is 5. The van der Waals surface area contributed by atoms with Gasteiger partial charge in [-0.25, -0.2) is 4.79 Å². The zero-order valence-corrected chi connectivity index (χ0v) is 16.5. The standard InChI is InChI=1S/C22H27NO6/c1-27-20-5-3-2-4-17(20)15-29-21-14-23(22(25)26)11-10-19(21)16-6-8-18(9-7-16)28-13-12-24/h2-9,19,21,24H,10-15H2,1H3,(H,25,26). The van der Waals surface area contributed by atoms with Crippen LogP contribution >= 0.6 is 0 Å². The number of likely N-dealkylation sites (tertiary alicyclic amines) is 1. The van der Waals surface area contributed by atoms with Crippen molar-refractivity contribution >= 4 is 6.09 Å². The van der Waals surface area contributed by atoms with Crippen LogP contribution in [0.3, 0.4) is 0 Å². The molecular formula is C22H27NO6. The number of carboxylic acid groups (broad SMARTS) is 1. The van der Waals surface area contributed by atoms with Crippen molar-refractivity contribution in [2.75, 3.05) is 33.4 Å². The minimum atomic E-state index is -0.929. The summed E-state index contributed by atoms with van der Waals surface area (Å²) in [6.45, 7) is 1.35. The Bertz CT molecular complexity index is 794. The van der Waals surface area contributed by atoms with Crippen molar-refractivity contribution in [3.8, 4) is 11.5 Å². The maximum absolute atomic E-state index is 11.5. The van der Waals surface area contributed by atoms with E-state index in [2.05, 4.69) is 0 Å². The van der Waals surface area contributed by atoms with E-state index in [0.717, 1.165) is 16.9 Å². The van der Waals surface area contributed by atoms with Crippen LogP contribution in [0.15, 0.2) is 48.5 Å². The van der Waals surface area contributed by atoms with Gasteiger partial charge in [0.2, 0.25) is 0 Å². The molecule has 0 aliphatic carbocycles. The molecule has 2 aromatic rings. The van der Waals surface area contributed by atoms with Crippen LogP contribution in [0.25, 0.3) is 0 Å². The molecule has 0 saturated carbocycles. The van der Waals surface area contributed by atoms with Gasteiger partial charge in [0.05, 0.1) is 33.0 Å². The lowest BCUT2D eigenvalue weighted by molar-refractivity contribution is -0.0205. The van der Waals surface area contributed by atoms with E-state index in [1.807, 2.05) is 48.5 Å². The maximum Gasteiger partial charge on any atom is 0.407 e.